The molecule has 3 aromatic carbocycles. The van der Waals surface area contributed by atoms with Gasteiger partial charge in [0.15, 0.2) is 0 Å². The average molecular weight is 510 g/mol. The van der Waals surface area contributed by atoms with Crippen LogP contribution in [0.5, 0.6) is 23.0 Å². The highest BCUT2D eigenvalue weighted by Gasteiger charge is 2.31. The van der Waals surface area contributed by atoms with Crippen molar-refractivity contribution in [1.82, 2.24) is 0 Å². The molecule has 0 aliphatic rings. The van der Waals surface area contributed by atoms with Crippen LogP contribution in [0.2, 0.25) is 0 Å². The van der Waals surface area contributed by atoms with E-state index in [-0.39, 0.29) is 5.56 Å². The Bertz CT molecular complexity index is 1120. The highest BCUT2D eigenvalue weighted by atomic mass is 79.9. The van der Waals surface area contributed by atoms with E-state index in [0.717, 1.165) is 12.1 Å². The third-order valence-corrected chi connectivity index (χ3v) is 4.47. The van der Waals surface area contributed by atoms with Gasteiger partial charge in [-0.2, -0.15) is 0 Å². The second kappa shape index (κ2) is 9.73. The van der Waals surface area contributed by atoms with E-state index in [9.17, 15) is 22.8 Å². The van der Waals surface area contributed by atoms with Crippen LogP contribution in [0.1, 0.15) is 17.3 Å². The summed E-state index contributed by atoms with van der Waals surface area (Å²) in [5.41, 5.74) is 0.624. The molecule has 0 saturated heterocycles. The summed E-state index contributed by atoms with van der Waals surface area (Å²) in [5, 5.41) is 2.64. The number of alkyl halides is 3. The van der Waals surface area contributed by atoms with E-state index in [2.05, 4.69) is 26.0 Å². The number of rotatable bonds is 6. The lowest BCUT2D eigenvalue weighted by Crippen LogP contribution is -2.17. The maximum Gasteiger partial charge on any atom is 0.573 e. The van der Waals surface area contributed by atoms with Crippen LogP contribution in [0.25, 0.3) is 0 Å². The minimum Gasteiger partial charge on any atom is -0.456 e. The first-order chi connectivity index (χ1) is 15.1. The van der Waals surface area contributed by atoms with Crippen molar-refractivity contribution in [3.05, 3.63) is 76.8 Å². The summed E-state index contributed by atoms with van der Waals surface area (Å²) in [7, 11) is 0. The van der Waals surface area contributed by atoms with E-state index >= 15 is 0 Å². The molecule has 0 radical (unpaired) electrons. The third kappa shape index (κ3) is 6.74. The van der Waals surface area contributed by atoms with Gasteiger partial charge in [0.2, 0.25) is 0 Å². The normalized spacial score (nSPS) is 10.9. The Hall–Kier alpha value is -3.53. The molecule has 0 saturated carbocycles. The maximum atomic E-state index is 12.3. The summed E-state index contributed by atoms with van der Waals surface area (Å²) in [5.74, 6) is -0.0124. The number of hydrogen-bond donors (Lipinski definition) is 1. The van der Waals surface area contributed by atoms with Crippen molar-refractivity contribution < 1.29 is 37.0 Å². The zero-order valence-electron chi connectivity index (χ0n) is 16.4. The molecule has 0 aliphatic carbocycles. The zero-order valence-corrected chi connectivity index (χ0v) is 18.0. The lowest BCUT2D eigenvalue weighted by atomic mass is 10.2. The van der Waals surface area contributed by atoms with Gasteiger partial charge in [0.1, 0.15) is 23.0 Å². The molecule has 0 unspecified atom stereocenters. The second-order valence-corrected chi connectivity index (χ2v) is 7.19. The quantitative estimate of drug-likeness (QED) is 0.311. The van der Waals surface area contributed by atoms with Crippen molar-refractivity contribution in [1.29, 1.82) is 0 Å². The molecule has 0 aliphatic heterocycles. The standard InChI is InChI=1S/C22H15BrF3NO5/c1-13(28)30-18-10-11-20(19(23)12-18)31-16-8-4-15(5-9-16)27-21(29)14-2-6-17(7-3-14)32-22(24,25)26/h2-12H,1H3,(H,27,29). The first kappa shape index (κ1) is 23.1. The van der Waals surface area contributed by atoms with Crippen LogP contribution in [-0.4, -0.2) is 18.2 Å². The van der Waals surface area contributed by atoms with Crippen molar-refractivity contribution in [2.24, 2.45) is 0 Å². The predicted octanol–water partition coefficient (Wildman–Crippen LogP) is 6.32. The molecule has 3 aromatic rings. The third-order valence-electron chi connectivity index (χ3n) is 3.86. The summed E-state index contributed by atoms with van der Waals surface area (Å²) in [6.07, 6.45) is -4.80. The summed E-state index contributed by atoms with van der Waals surface area (Å²) in [6.45, 7) is 1.30. The molecule has 6 nitrogen and oxygen atoms in total. The van der Waals surface area contributed by atoms with Gasteiger partial charge < -0.3 is 19.5 Å². The predicted molar refractivity (Wildman–Crippen MR) is 113 cm³/mol. The molecular weight excluding hydrogens is 495 g/mol. The minimum atomic E-state index is -4.80. The van der Waals surface area contributed by atoms with Crippen LogP contribution < -0.4 is 19.5 Å². The molecule has 3 rings (SSSR count). The van der Waals surface area contributed by atoms with E-state index in [1.54, 1.807) is 42.5 Å². The van der Waals surface area contributed by atoms with Gasteiger partial charge in [0.05, 0.1) is 4.47 Å². The summed E-state index contributed by atoms with van der Waals surface area (Å²) in [6, 6.07) is 15.8. The van der Waals surface area contributed by atoms with Gasteiger partial charge >= 0.3 is 12.3 Å². The minimum absolute atomic E-state index is 0.164. The highest BCUT2D eigenvalue weighted by molar-refractivity contribution is 9.10. The molecule has 0 bridgehead atoms. The van der Waals surface area contributed by atoms with Crippen molar-refractivity contribution in [3.63, 3.8) is 0 Å². The van der Waals surface area contributed by atoms with E-state index in [1.165, 1.54) is 19.1 Å². The molecular formula is C22H15BrF3NO5. The average Bonchev–Trinajstić information content (AvgIpc) is 2.70. The number of esters is 1. The molecule has 1 amide bonds. The van der Waals surface area contributed by atoms with Crippen LogP contribution in [0.15, 0.2) is 71.2 Å². The summed E-state index contributed by atoms with van der Waals surface area (Å²) in [4.78, 5) is 23.3. The summed E-state index contributed by atoms with van der Waals surface area (Å²) < 4.78 is 51.7. The van der Waals surface area contributed by atoms with E-state index in [4.69, 9.17) is 9.47 Å². The first-order valence-electron chi connectivity index (χ1n) is 9.02. The van der Waals surface area contributed by atoms with Crippen LogP contribution in [0, 0.1) is 0 Å². The van der Waals surface area contributed by atoms with Gasteiger partial charge in [0.25, 0.3) is 5.91 Å². The van der Waals surface area contributed by atoms with Crippen LogP contribution >= 0.6 is 15.9 Å². The van der Waals surface area contributed by atoms with Gasteiger partial charge in [-0.25, -0.2) is 0 Å². The molecule has 32 heavy (non-hydrogen) atoms. The number of ether oxygens (including phenoxy) is 3. The SMILES string of the molecule is CC(=O)Oc1ccc(Oc2ccc(NC(=O)c3ccc(OC(F)(F)F)cc3)cc2)c(Br)c1. The van der Waals surface area contributed by atoms with E-state index < -0.39 is 24.0 Å². The molecule has 166 valence electrons. The molecule has 1 N–H and O–H groups in total. The Morgan fingerprint density at radius 3 is 2.03 bits per heavy atom. The number of nitrogens with one attached hydrogen (secondary N) is 1. The fourth-order valence-corrected chi connectivity index (χ4v) is 2.98. The molecule has 0 fully saturated rings. The van der Waals surface area contributed by atoms with Crippen LogP contribution in [-0.2, 0) is 4.79 Å². The van der Waals surface area contributed by atoms with E-state index in [0.29, 0.717) is 27.4 Å². The number of amides is 1. The molecule has 10 heteroatoms. The topological polar surface area (TPSA) is 73.9 Å². The highest BCUT2D eigenvalue weighted by Crippen LogP contribution is 2.33. The van der Waals surface area contributed by atoms with E-state index in [1.807, 2.05) is 0 Å². The molecule has 0 atom stereocenters. The zero-order chi connectivity index (χ0) is 23.3. The molecule has 0 spiro atoms. The van der Waals surface area contributed by atoms with Crippen LogP contribution in [0.3, 0.4) is 0 Å². The summed E-state index contributed by atoms with van der Waals surface area (Å²) >= 11 is 3.34. The first-order valence-corrected chi connectivity index (χ1v) is 9.81. The van der Waals surface area contributed by atoms with Gasteiger partial charge in [-0.1, -0.05) is 0 Å². The largest absolute Gasteiger partial charge is 0.573 e. The Balaban J connectivity index is 1.61. The maximum absolute atomic E-state index is 12.3. The van der Waals surface area contributed by atoms with Gasteiger partial charge in [-0.3, -0.25) is 9.59 Å². The smallest absolute Gasteiger partial charge is 0.456 e. The lowest BCUT2D eigenvalue weighted by Gasteiger charge is -2.11. The lowest BCUT2D eigenvalue weighted by molar-refractivity contribution is -0.274. The Kier molecular flexibility index (Phi) is 7.04. The van der Waals surface area contributed by atoms with Gasteiger partial charge in [-0.15, -0.1) is 13.2 Å². The van der Waals surface area contributed by atoms with Crippen LogP contribution in [0.4, 0.5) is 18.9 Å². The molecule has 0 aromatic heterocycles. The van der Waals surface area contributed by atoms with Crippen molar-refractivity contribution in [2.45, 2.75) is 13.3 Å². The Labute approximate surface area is 189 Å². The Morgan fingerprint density at radius 1 is 0.875 bits per heavy atom. The van der Waals surface area contributed by atoms with Gasteiger partial charge in [-0.05, 0) is 82.7 Å². The van der Waals surface area contributed by atoms with Gasteiger partial charge in [0, 0.05) is 18.2 Å². The van der Waals surface area contributed by atoms with Crippen molar-refractivity contribution in [3.8, 4) is 23.0 Å². The fourth-order valence-electron chi connectivity index (χ4n) is 2.54. The second-order valence-electron chi connectivity index (χ2n) is 6.34. The number of carbonyl (C=O) groups is 2. The fraction of sp³-hybridized carbons (Fsp3) is 0.0909. The van der Waals surface area contributed by atoms with Crippen molar-refractivity contribution in [2.75, 3.05) is 5.32 Å². The number of anilines is 1. The monoisotopic (exact) mass is 509 g/mol. The number of carbonyl (C=O) groups excluding carboxylic acids is 2. The van der Waals surface area contributed by atoms with Crippen molar-refractivity contribution >= 4 is 33.5 Å². The molecule has 0 heterocycles. The number of benzene rings is 3. The number of halogens is 4. The Morgan fingerprint density at radius 2 is 1.47 bits per heavy atom. The number of hydrogen-bond acceptors (Lipinski definition) is 5.